The molecule has 0 amide bonds. The molecule has 0 atom stereocenters. The van der Waals surface area contributed by atoms with Crippen LogP contribution in [0.15, 0.2) is 66.9 Å². The third-order valence-corrected chi connectivity index (χ3v) is 5.79. The Morgan fingerprint density at radius 1 is 0.613 bits per heavy atom. The summed E-state index contributed by atoms with van der Waals surface area (Å²) in [6.45, 7) is 5.27. The molecular formula is C29H37NO. The molecule has 0 saturated carbocycles. The van der Waals surface area contributed by atoms with Gasteiger partial charge in [-0.15, -0.1) is 0 Å². The fourth-order valence-corrected chi connectivity index (χ4v) is 3.73. The molecule has 1 aromatic heterocycles. The number of aryl methyl sites for hydroxylation is 3. The van der Waals surface area contributed by atoms with Crippen molar-refractivity contribution in [1.29, 1.82) is 0 Å². The van der Waals surface area contributed by atoms with Gasteiger partial charge in [0.1, 0.15) is 5.75 Å². The molecule has 0 fully saturated rings. The lowest BCUT2D eigenvalue weighted by molar-refractivity contribution is 0.305. The first kappa shape index (κ1) is 23.1. The predicted octanol–water partition coefficient (Wildman–Crippen LogP) is 7.84. The van der Waals surface area contributed by atoms with Crippen LogP contribution in [0.3, 0.4) is 0 Å². The number of ether oxygens (including phenoxy) is 1. The average molecular weight is 416 g/mol. The van der Waals surface area contributed by atoms with Crippen molar-refractivity contribution in [2.45, 2.75) is 71.6 Å². The van der Waals surface area contributed by atoms with Gasteiger partial charge >= 0.3 is 0 Å². The van der Waals surface area contributed by atoms with Gasteiger partial charge in [-0.2, -0.15) is 0 Å². The highest BCUT2D eigenvalue weighted by atomic mass is 16.5. The molecule has 0 spiro atoms. The maximum atomic E-state index is 5.84. The molecule has 0 bridgehead atoms. The van der Waals surface area contributed by atoms with Gasteiger partial charge in [0.25, 0.3) is 0 Å². The van der Waals surface area contributed by atoms with Gasteiger partial charge in [0, 0.05) is 11.8 Å². The van der Waals surface area contributed by atoms with Crippen LogP contribution in [-0.4, -0.2) is 11.6 Å². The molecule has 0 N–H and O–H groups in total. The zero-order valence-corrected chi connectivity index (χ0v) is 19.3. The zero-order chi connectivity index (χ0) is 21.7. The van der Waals surface area contributed by atoms with Crippen molar-refractivity contribution in [3.63, 3.8) is 0 Å². The van der Waals surface area contributed by atoms with E-state index in [9.17, 15) is 0 Å². The van der Waals surface area contributed by atoms with Gasteiger partial charge in [-0.05, 0) is 79.1 Å². The Bertz CT molecular complexity index is 866. The second-order valence-electron chi connectivity index (χ2n) is 8.41. The van der Waals surface area contributed by atoms with Crippen LogP contribution in [0, 0.1) is 0 Å². The fourth-order valence-electron chi connectivity index (χ4n) is 3.73. The van der Waals surface area contributed by atoms with Crippen LogP contribution in [0.4, 0.5) is 0 Å². The molecule has 3 aromatic rings. The van der Waals surface area contributed by atoms with Gasteiger partial charge in [-0.3, -0.25) is 4.98 Å². The molecule has 31 heavy (non-hydrogen) atoms. The Kier molecular flexibility index (Phi) is 9.63. The van der Waals surface area contributed by atoms with Crippen molar-refractivity contribution in [3.8, 4) is 17.0 Å². The van der Waals surface area contributed by atoms with E-state index in [1.165, 1.54) is 55.2 Å². The van der Waals surface area contributed by atoms with Crippen molar-refractivity contribution in [2.75, 3.05) is 6.61 Å². The van der Waals surface area contributed by atoms with Crippen molar-refractivity contribution >= 4 is 0 Å². The minimum atomic E-state index is 0.799. The van der Waals surface area contributed by atoms with Crippen LogP contribution in [0.2, 0.25) is 0 Å². The summed E-state index contributed by atoms with van der Waals surface area (Å²) in [5.41, 5.74) is 6.27. The van der Waals surface area contributed by atoms with Gasteiger partial charge < -0.3 is 4.74 Å². The van der Waals surface area contributed by atoms with Crippen LogP contribution in [0.5, 0.6) is 5.75 Å². The van der Waals surface area contributed by atoms with E-state index in [4.69, 9.17) is 9.72 Å². The molecule has 3 rings (SSSR count). The molecular weight excluding hydrogens is 378 g/mol. The van der Waals surface area contributed by atoms with E-state index < -0.39 is 0 Å². The highest BCUT2D eigenvalue weighted by molar-refractivity contribution is 5.60. The monoisotopic (exact) mass is 415 g/mol. The topological polar surface area (TPSA) is 22.1 Å². The Balaban J connectivity index is 1.47. The average Bonchev–Trinajstić information content (AvgIpc) is 2.83. The van der Waals surface area contributed by atoms with Gasteiger partial charge in [0.15, 0.2) is 0 Å². The maximum Gasteiger partial charge on any atom is 0.119 e. The van der Waals surface area contributed by atoms with Gasteiger partial charge in [-0.25, -0.2) is 0 Å². The number of unbranched alkanes of at least 4 members (excludes halogenated alkanes) is 4. The van der Waals surface area contributed by atoms with E-state index in [0.717, 1.165) is 42.9 Å². The lowest BCUT2D eigenvalue weighted by Gasteiger charge is -2.08. The molecule has 0 aliphatic carbocycles. The maximum absolute atomic E-state index is 5.84. The molecule has 0 unspecified atom stereocenters. The molecule has 2 heteroatoms. The van der Waals surface area contributed by atoms with Crippen molar-refractivity contribution in [1.82, 2.24) is 4.98 Å². The molecule has 0 saturated heterocycles. The number of nitrogens with zero attached hydrogens (tertiary/aromatic N) is 1. The SMILES string of the molecule is CCCCCCOc1ccc(-c2ccc(CCc3ccc(CCCC)cc3)cn2)cc1. The van der Waals surface area contributed by atoms with E-state index in [0.29, 0.717) is 0 Å². The molecule has 0 radical (unpaired) electrons. The van der Waals surface area contributed by atoms with Crippen molar-refractivity contribution < 1.29 is 4.74 Å². The van der Waals surface area contributed by atoms with Gasteiger partial charge in [0.05, 0.1) is 12.3 Å². The normalized spacial score (nSPS) is 10.9. The van der Waals surface area contributed by atoms with Crippen molar-refractivity contribution in [2.24, 2.45) is 0 Å². The molecule has 0 aliphatic heterocycles. The number of aromatic nitrogens is 1. The number of hydrogen-bond acceptors (Lipinski definition) is 2. The Labute approximate surface area is 188 Å². The highest BCUT2D eigenvalue weighted by Crippen LogP contribution is 2.21. The summed E-state index contributed by atoms with van der Waals surface area (Å²) in [4.78, 5) is 4.69. The van der Waals surface area contributed by atoms with Crippen LogP contribution < -0.4 is 4.74 Å². The summed E-state index contributed by atoms with van der Waals surface area (Å²) in [7, 11) is 0. The number of pyridine rings is 1. The summed E-state index contributed by atoms with van der Waals surface area (Å²) in [6.07, 6.45) is 12.7. The lowest BCUT2D eigenvalue weighted by Crippen LogP contribution is -1.97. The molecule has 1 heterocycles. The third kappa shape index (κ3) is 7.86. The Morgan fingerprint density at radius 2 is 1.26 bits per heavy atom. The van der Waals surface area contributed by atoms with Gasteiger partial charge in [0.2, 0.25) is 0 Å². The van der Waals surface area contributed by atoms with Crippen LogP contribution in [0.1, 0.15) is 69.1 Å². The minimum Gasteiger partial charge on any atom is -0.494 e. The summed E-state index contributed by atoms with van der Waals surface area (Å²) >= 11 is 0. The minimum absolute atomic E-state index is 0.799. The molecule has 2 aromatic carbocycles. The highest BCUT2D eigenvalue weighted by Gasteiger charge is 2.03. The summed E-state index contributed by atoms with van der Waals surface area (Å²) in [5, 5.41) is 0. The molecule has 2 nitrogen and oxygen atoms in total. The standard InChI is InChI=1S/C29H37NO/c1-3-5-7-8-22-31-28-19-17-27(18-20-28)29-21-16-26(23-30-29)15-14-25-12-10-24(11-13-25)9-6-4-2/h10-13,16-21,23H,3-9,14-15,22H2,1-2H3. The van der Waals surface area contributed by atoms with E-state index >= 15 is 0 Å². The largest absolute Gasteiger partial charge is 0.494 e. The molecule has 164 valence electrons. The van der Waals surface area contributed by atoms with E-state index in [1.54, 1.807) is 0 Å². The molecule has 0 aliphatic rings. The van der Waals surface area contributed by atoms with E-state index in [-0.39, 0.29) is 0 Å². The summed E-state index contributed by atoms with van der Waals surface area (Å²) in [5.74, 6) is 0.942. The number of rotatable bonds is 13. The second-order valence-corrected chi connectivity index (χ2v) is 8.41. The van der Waals surface area contributed by atoms with Crippen LogP contribution >= 0.6 is 0 Å². The van der Waals surface area contributed by atoms with Crippen molar-refractivity contribution in [3.05, 3.63) is 83.6 Å². The summed E-state index contributed by atoms with van der Waals surface area (Å²) < 4.78 is 5.84. The smallest absolute Gasteiger partial charge is 0.119 e. The quantitative estimate of drug-likeness (QED) is 0.265. The van der Waals surface area contributed by atoms with Crippen LogP contribution in [0.25, 0.3) is 11.3 Å². The first-order chi connectivity index (χ1) is 15.3. The number of benzene rings is 2. The van der Waals surface area contributed by atoms with E-state index in [1.807, 2.05) is 6.20 Å². The Morgan fingerprint density at radius 3 is 1.90 bits per heavy atom. The van der Waals surface area contributed by atoms with E-state index in [2.05, 4.69) is 74.5 Å². The lowest BCUT2D eigenvalue weighted by atomic mass is 10.0. The fraction of sp³-hybridized carbons (Fsp3) is 0.414. The first-order valence-corrected chi connectivity index (χ1v) is 12.0. The Hall–Kier alpha value is -2.61. The number of hydrogen-bond donors (Lipinski definition) is 0. The zero-order valence-electron chi connectivity index (χ0n) is 19.3. The predicted molar refractivity (Wildman–Crippen MR) is 132 cm³/mol. The van der Waals surface area contributed by atoms with Crippen LogP contribution in [-0.2, 0) is 19.3 Å². The second kappa shape index (κ2) is 12.9. The summed E-state index contributed by atoms with van der Waals surface area (Å²) in [6, 6.07) is 21.8. The first-order valence-electron chi connectivity index (χ1n) is 12.0. The van der Waals surface area contributed by atoms with Gasteiger partial charge in [-0.1, -0.05) is 69.9 Å². The third-order valence-electron chi connectivity index (χ3n) is 5.79.